The van der Waals surface area contributed by atoms with Crippen LogP contribution in [0.5, 0.6) is 5.75 Å². The van der Waals surface area contributed by atoms with E-state index >= 15 is 0 Å². The number of rotatable bonds is 5. The third-order valence-electron chi connectivity index (χ3n) is 5.34. The van der Waals surface area contributed by atoms with Crippen molar-refractivity contribution in [3.8, 4) is 5.75 Å². The Morgan fingerprint density at radius 1 is 0.938 bits per heavy atom. The van der Waals surface area contributed by atoms with Crippen LogP contribution < -0.4 is 20.3 Å². The van der Waals surface area contributed by atoms with Crippen molar-refractivity contribution in [2.75, 3.05) is 48.8 Å². The molecule has 1 fully saturated rings. The monoisotopic (exact) mass is 432 g/mol. The van der Waals surface area contributed by atoms with Gasteiger partial charge in [-0.2, -0.15) is 4.98 Å². The van der Waals surface area contributed by atoms with Gasteiger partial charge in [-0.3, -0.25) is 0 Å². The summed E-state index contributed by atoms with van der Waals surface area (Å²) in [5, 5.41) is 6.29. The number of nitrogens with one attached hydrogen (secondary N) is 2. The van der Waals surface area contributed by atoms with Crippen LogP contribution in [0.3, 0.4) is 0 Å². The molecule has 1 aliphatic heterocycles. The zero-order valence-corrected chi connectivity index (χ0v) is 18.6. The number of carbonyl (C=O) groups excluding carboxylic acids is 1. The highest BCUT2D eigenvalue weighted by Crippen LogP contribution is 2.21. The Bertz CT molecular complexity index is 1080. The van der Waals surface area contributed by atoms with Gasteiger partial charge in [0.1, 0.15) is 11.6 Å². The predicted molar refractivity (Wildman–Crippen MR) is 127 cm³/mol. The number of hydrogen-bond acceptors (Lipinski definition) is 6. The van der Waals surface area contributed by atoms with Gasteiger partial charge in [-0.25, -0.2) is 9.78 Å². The molecule has 0 radical (unpaired) electrons. The number of piperazine rings is 1. The molecule has 4 rings (SSSR count). The average Bonchev–Trinajstić information content (AvgIpc) is 2.80. The number of methoxy groups -OCH3 is 1. The standard InChI is InChI=1S/C24H28N6O2/c1-17-7-9-19(10-8-17)26-22-15-18(2)25-23(28-22)29-11-13-30(14-12-29)24(31)27-20-5-4-6-21(16-20)32-3/h4-10,15-16H,11-14H2,1-3H3,(H,27,31)(H,25,26,28). The maximum absolute atomic E-state index is 12.7. The molecule has 1 aromatic heterocycles. The van der Waals surface area contributed by atoms with Gasteiger partial charge in [-0.15, -0.1) is 0 Å². The van der Waals surface area contributed by atoms with Crippen molar-refractivity contribution in [3.63, 3.8) is 0 Å². The Morgan fingerprint density at radius 2 is 1.69 bits per heavy atom. The summed E-state index contributed by atoms with van der Waals surface area (Å²) in [4.78, 5) is 25.9. The second-order valence-corrected chi connectivity index (χ2v) is 7.82. The Kier molecular flexibility index (Phi) is 6.39. The van der Waals surface area contributed by atoms with Crippen molar-refractivity contribution < 1.29 is 9.53 Å². The van der Waals surface area contributed by atoms with Crippen LogP contribution in [0, 0.1) is 13.8 Å². The third-order valence-corrected chi connectivity index (χ3v) is 5.34. The molecule has 8 heteroatoms. The first-order chi connectivity index (χ1) is 15.5. The zero-order valence-electron chi connectivity index (χ0n) is 18.6. The molecule has 2 aromatic carbocycles. The minimum absolute atomic E-state index is 0.121. The van der Waals surface area contributed by atoms with Crippen molar-refractivity contribution in [2.45, 2.75) is 13.8 Å². The van der Waals surface area contributed by atoms with Crippen molar-refractivity contribution in [3.05, 3.63) is 65.9 Å². The minimum Gasteiger partial charge on any atom is -0.497 e. The van der Waals surface area contributed by atoms with Gasteiger partial charge in [0.25, 0.3) is 0 Å². The van der Waals surface area contributed by atoms with Crippen molar-refractivity contribution in [1.82, 2.24) is 14.9 Å². The molecular weight excluding hydrogens is 404 g/mol. The molecule has 0 bridgehead atoms. The van der Waals surface area contributed by atoms with Crippen LogP contribution in [0.15, 0.2) is 54.6 Å². The first-order valence-electron chi connectivity index (χ1n) is 10.6. The molecule has 2 amide bonds. The molecule has 1 aliphatic rings. The Labute approximate surface area is 188 Å². The van der Waals surface area contributed by atoms with Gasteiger partial charge >= 0.3 is 6.03 Å². The van der Waals surface area contributed by atoms with Crippen LogP contribution in [0.25, 0.3) is 0 Å². The van der Waals surface area contributed by atoms with Crippen LogP contribution in [0.1, 0.15) is 11.3 Å². The fraction of sp³-hybridized carbons (Fsp3) is 0.292. The Balaban J connectivity index is 1.37. The number of amides is 2. The topological polar surface area (TPSA) is 82.6 Å². The lowest BCUT2D eigenvalue weighted by atomic mass is 10.2. The van der Waals surface area contributed by atoms with Gasteiger partial charge < -0.3 is 25.2 Å². The van der Waals surface area contributed by atoms with Gasteiger partial charge in [0.05, 0.1) is 7.11 Å². The number of anilines is 4. The largest absolute Gasteiger partial charge is 0.497 e. The van der Waals surface area contributed by atoms with Crippen LogP contribution in [0.2, 0.25) is 0 Å². The van der Waals surface area contributed by atoms with E-state index in [-0.39, 0.29) is 6.03 Å². The quantitative estimate of drug-likeness (QED) is 0.629. The van der Waals surface area contributed by atoms with Crippen molar-refractivity contribution in [1.29, 1.82) is 0 Å². The fourth-order valence-electron chi connectivity index (χ4n) is 3.56. The first kappa shape index (κ1) is 21.4. The highest BCUT2D eigenvalue weighted by Gasteiger charge is 2.23. The summed E-state index contributed by atoms with van der Waals surface area (Å²) in [6, 6.07) is 17.4. The van der Waals surface area contributed by atoms with E-state index in [9.17, 15) is 4.79 Å². The molecule has 0 saturated carbocycles. The summed E-state index contributed by atoms with van der Waals surface area (Å²) >= 11 is 0. The zero-order chi connectivity index (χ0) is 22.5. The lowest BCUT2D eigenvalue weighted by Gasteiger charge is -2.34. The summed E-state index contributed by atoms with van der Waals surface area (Å²) in [6.07, 6.45) is 0. The van der Waals surface area contributed by atoms with Gasteiger partial charge in [0.15, 0.2) is 0 Å². The molecule has 2 heterocycles. The molecule has 8 nitrogen and oxygen atoms in total. The number of benzene rings is 2. The van der Waals surface area contributed by atoms with E-state index in [0.29, 0.717) is 43.6 Å². The van der Waals surface area contributed by atoms with E-state index in [0.717, 1.165) is 17.2 Å². The van der Waals surface area contributed by atoms with Gasteiger partial charge in [0.2, 0.25) is 5.95 Å². The van der Waals surface area contributed by atoms with Crippen molar-refractivity contribution >= 4 is 29.2 Å². The highest BCUT2D eigenvalue weighted by molar-refractivity contribution is 5.89. The lowest BCUT2D eigenvalue weighted by molar-refractivity contribution is 0.208. The van der Waals surface area contributed by atoms with Crippen LogP contribution in [-0.4, -0.2) is 54.2 Å². The molecule has 0 unspecified atom stereocenters. The predicted octanol–water partition coefficient (Wildman–Crippen LogP) is 4.20. The lowest BCUT2D eigenvalue weighted by Crippen LogP contribution is -2.50. The number of aryl methyl sites for hydroxylation is 2. The number of ether oxygens (including phenoxy) is 1. The third kappa shape index (κ3) is 5.26. The molecule has 0 spiro atoms. The second kappa shape index (κ2) is 9.55. The van der Waals surface area contributed by atoms with Crippen molar-refractivity contribution in [2.24, 2.45) is 0 Å². The summed E-state index contributed by atoms with van der Waals surface area (Å²) < 4.78 is 5.22. The van der Waals surface area contributed by atoms with Crippen LogP contribution in [-0.2, 0) is 0 Å². The van der Waals surface area contributed by atoms with E-state index in [1.807, 2.05) is 43.3 Å². The molecule has 32 heavy (non-hydrogen) atoms. The smallest absolute Gasteiger partial charge is 0.321 e. The fourth-order valence-corrected chi connectivity index (χ4v) is 3.56. The highest BCUT2D eigenvalue weighted by atomic mass is 16.5. The van der Waals surface area contributed by atoms with E-state index in [1.54, 1.807) is 18.1 Å². The van der Waals surface area contributed by atoms with E-state index in [1.165, 1.54) is 5.56 Å². The molecule has 1 saturated heterocycles. The number of hydrogen-bond donors (Lipinski definition) is 2. The van der Waals surface area contributed by atoms with E-state index < -0.39 is 0 Å². The molecule has 0 aliphatic carbocycles. The summed E-state index contributed by atoms with van der Waals surface area (Å²) in [6.45, 7) is 6.54. The van der Waals surface area contributed by atoms with Crippen LogP contribution >= 0.6 is 0 Å². The number of nitrogens with zero attached hydrogens (tertiary/aromatic N) is 4. The Hall–Kier alpha value is -3.81. The number of carbonyl (C=O) groups is 1. The van der Waals surface area contributed by atoms with Gasteiger partial charge in [0, 0.05) is 55.4 Å². The van der Waals surface area contributed by atoms with Gasteiger partial charge in [-0.1, -0.05) is 23.8 Å². The normalized spacial score (nSPS) is 13.6. The molecule has 0 atom stereocenters. The molecule has 2 N–H and O–H groups in total. The first-order valence-corrected chi connectivity index (χ1v) is 10.6. The summed E-state index contributed by atoms with van der Waals surface area (Å²) in [5.41, 5.74) is 3.80. The van der Waals surface area contributed by atoms with Crippen LogP contribution in [0.4, 0.5) is 27.9 Å². The maximum atomic E-state index is 12.7. The molecular formula is C24H28N6O2. The summed E-state index contributed by atoms with van der Waals surface area (Å²) in [7, 11) is 1.61. The van der Waals surface area contributed by atoms with E-state index in [2.05, 4.69) is 39.6 Å². The Morgan fingerprint density at radius 3 is 2.41 bits per heavy atom. The molecule has 166 valence electrons. The van der Waals surface area contributed by atoms with Gasteiger partial charge in [-0.05, 0) is 38.1 Å². The average molecular weight is 433 g/mol. The number of urea groups is 1. The van der Waals surface area contributed by atoms with E-state index in [4.69, 9.17) is 9.72 Å². The number of aromatic nitrogens is 2. The molecule has 3 aromatic rings. The summed E-state index contributed by atoms with van der Waals surface area (Å²) in [5.74, 6) is 2.14. The second-order valence-electron chi connectivity index (χ2n) is 7.82. The maximum Gasteiger partial charge on any atom is 0.321 e. The minimum atomic E-state index is -0.121. The SMILES string of the molecule is COc1cccc(NC(=O)N2CCN(c3nc(C)cc(Nc4ccc(C)cc4)n3)CC2)c1.